The summed E-state index contributed by atoms with van der Waals surface area (Å²) in [5, 5.41) is 3.10. The van der Waals surface area contributed by atoms with Gasteiger partial charge in [0.1, 0.15) is 5.82 Å². The molecule has 0 saturated carbocycles. The predicted molar refractivity (Wildman–Crippen MR) is 107 cm³/mol. The summed E-state index contributed by atoms with van der Waals surface area (Å²) in [4.78, 5) is 23.1. The number of benzene rings is 1. The van der Waals surface area contributed by atoms with Crippen LogP contribution >= 0.6 is 0 Å². The molecule has 3 aromatic rings. The lowest BCUT2D eigenvalue weighted by Crippen LogP contribution is -2.46. The lowest BCUT2D eigenvalue weighted by atomic mass is 9.98. The molecule has 0 aliphatic carbocycles. The highest BCUT2D eigenvalue weighted by atomic mass is 16.2. The standard InChI is InChI=1S/C21H26N6O/c1-17-23-9-12-27(17)20-7-3-2-6-19(20)13-24-21(28)26-10-4-5-18(15-26)14-25-11-8-22-16-25/h2-3,6-9,11-12,16,18H,4-5,10,13-15H2,1H3,(H,24,28). The monoisotopic (exact) mass is 378 g/mol. The number of likely N-dealkylation sites (tertiary alicyclic amines) is 1. The van der Waals surface area contributed by atoms with Gasteiger partial charge >= 0.3 is 6.03 Å². The van der Waals surface area contributed by atoms with E-state index in [1.54, 1.807) is 12.4 Å². The third-order valence-electron chi connectivity index (χ3n) is 5.34. The molecular formula is C21H26N6O. The molecule has 1 unspecified atom stereocenters. The lowest BCUT2D eigenvalue weighted by Gasteiger charge is -2.33. The molecule has 1 fully saturated rings. The second-order valence-electron chi connectivity index (χ2n) is 7.35. The van der Waals surface area contributed by atoms with Crippen LogP contribution in [0.15, 0.2) is 55.4 Å². The highest BCUT2D eigenvalue weighted by Gasteiger charge is 2.24. The number of para-hydroxylation sites is 1. The Kier molecular flexibility index (Phi) is 5.41. The van der Waals surface area contributed by atoms with E-state index in [4.69, 9.17) is 0 Å². The summed E-state index contributed by atoms with van der Waals surface area (Å²) in [6.45, 7) is 4.98. The van der Waals surface area contributed by atoms with Gasteiger partial charge in [-0.25, -0.2) is 14.8 Å². The predicted octanol–water partition coefficient (Wildman–Crippen LogP) is 3.00. The normalized spacial score (nSPS) is 16.9. The van der Waals surface area contributed by atoms with Gasteiger partial charge in [-0.1, -0.05) is 18.2 Å². The van der Waals surface area contributed by atoms with E-state index in [9.17, 15) is 4.79 Å². The quantitative estimate of drug-likeness (QED) is 0.742. The molecule has 1 aliphatic heterocycles. The molecule has 1 aromatic carbocycles. The number of carbonyl (C=O) groups is 1. The Bertz CT molecular complexity index is 917. The molecule has 3 heterocycles. The topological polar surface area (TPSA) is 68.0 Å². The lowest BCUT2D eigenvalue weighted by molar-refractivity contribution is 0.159. The van der Waals surface area contributed by atoms with Crippen LogP contribution in [0.25, 0.3) is 5.69 Å². The Morgan fingerprint density at radius 2 is 2.14 bits per heavy atom. The number of amides is 2. The fourth-order valence-corrected chi connectivity index (χ4v) is 3.90. The van der Waals surface area contributed by atoms with Gasteiger partial charge < -0.3 is 19.4 Å². The van der Waals surface area contributed by atoms with Crippen molar-refractivity contribution in [3.05, 3.63) is 66.8 Å². The first-order valence-corrected chi connectivity index (χ1v) is 9.77. The molecule has 1 N–H and O–H groups in total. The number of aryl methyl sites for hydroxylation is 1. The Balaban J connectivity index is 1.38. The van der Waals surface area contributed by atoms with E-state index >= 15 is 0 Å². The number of rotatable bonds is 5. The van der Waals surface area contributed by atoms with Gasteiger partial charge in [-0.15, -0.1) is 0 Å². The van der Waals surface area contributed by atoms with Crippen LogP contribution in [0.5, 0.6) is 0 Å². The maximum atomic E-state index is 12.8. The Hall–Kier alpha value is -3.09. The van der Waals surface area contributed by atoms with Gasteiger partial charge in [0.2, 0.25) is 0 Å². The highest BCUT2D eigenvalue weighted by Crippen LogP contribution is 2.19. The minimum absolute atomic E-state index is 0.00693. The molecule has 28 heavy (non-hydrogen) atoms. The molecule has 4 rings (SSSR count). The largest absolute Gasteiger partial charge is 0.337 e. The maximum absolute atomic E-state index is 12.8. The molecule has 1 atom stereocenters. The van der Waals surface area contributed by atoms with Crippen LogP contribution in [0.3, 0.4) is 0 Å². The molecule has 7 nitrogen and oxygen atoms in total. The summed E-state index contributed by atoms with van der Waals surface area (Å²) in [6.07, 6.45) is 11.5. The zero-order valence-corrected chi connectivity index (χ0v) is 16.2. The highest BCUT2D eigenvalue weighted by molar-refractivity contribution is 5.74. The van der Waals surface area contributed by atoms with E-state index in [1.165, 1.54) is 0 Å². The molecule has 146 valence electrons. The molecule has 1 saturated heterocycles. The van der Waals surface area contributed by atoms with Crippen LogP contribution in [0.1, 0.15) is 24.2 Å². The Morgan fingerprint density at radius 3 is 2.93 bits per heavy atom. The number of hydrogen-bond acceptors (Lipinski definition) is 3. The molecule has 2 amide bonds. The second kappa shape index (κ2) is 8.29. The number of urea groups is 1. The molecule has 2 aromatic heterocycles. The van der Waals surface area contributed by atoms with E-state index in [1.807, 2.05) is 53.3 Å². The minimum Gasteiger partial charge on any atom is -0.337 e. The summed E-state index contributed by atoms with van der Waals surface area (Å²) in [5.41, 5.74) is 2.12. The summed E-state index contributed by atoms with van der Waals surface area (Å²) in [7, 11) is 0. The van der Waals surface area contributed by atoms with Crippen LogP contribution in [-0.2, 0) is 13.1 Å². The first-order chi connectivity index (χ1) is 13.7. The van der Waals surface area contributed by atoms with Crippen molar-refractivity contribution in [1.82, 2.24) is 29.3 Å². The number of hydrogen-bond donors (Lipinski definition) is 1. The van der Waals surface area contributed by atoms with E-state index < -0.39 is 0 Å². The van der Waals surface area contributed by atoms with Crippen molar-refractivity contribution in [1.29, 1.82) is 0 Å². The van der Waals surface area contributed by atoms with Gasteiger partial charge in [-0.3, -0.25) is 0 Å². The summed E-state index contributed by atoms with van der Waals surface area (Å²) in [6, 6.07) is 8.11. The van der Waals surface area contributed by atoms with Crippen LogP contribution in [0.4, 0.5) is 4.79 Å². The van der Waals surface area contributed by atoms with Crippen LogP contribution < -0.4 is 5.32 Å². The molecule has 0 radical (unpaired) electrons. The van der Waals surface area contributed by atoms with E-state index in [0.717, 1.165) is 49.6 Å². The number of nitrogens with one attached hydrogen (secondary N) is 1. The number of carbonyl (C=O) groups excluding carboxylic acids is 1. The average molecular weight is 378 g/mol. The third-order valence-corrected chi connectivity index (χ3v) is 5.34. The van der Waals surface area contributed by atoms with Crippen molar-refractivity contribution in [2.45, 2.75) is 32.9 Å². The van der Waals surface area contributed by atoms with E-state index in [-0.39, 0.29) is 6.03 Å². The summed E-state index contributed by atoms with van der Waals surface area (Å²) >= 11 is 0. The first-order valence-electron chi connectivity index (χ1n) is 9.77. The van der Waals surface area contributed by atoms with Gasteiger partial charge in [0.25, 0.3) is 0 Å². The summed E-state index contributed by atoms with van der Waals surface area (Å²) < 4.78 is 4.14. The van der Waals surface area contributed by atoms with Gasteiger partial charge in [-0.05, 0) is 37.3 Å². The third kappa shape index (κ3) is 4.08. The zero-order valence-electron chi connectivity index (χ0n) is 16.2. The number of imidazole rings is 2. The van der Waals surface area contributed by atoms with Gasteiger partial charge in [0.05, 0.1) is 12.0 Å². The zero-order chi connectivity index (χ0) is 19.3. The van der Waals surface area contributed by atoms with Crippen LogP contribution in [0.2, 0.25) is 0 Å². The van der Waals surface area contributed by atoms with Gasteiger partial charge in [0, 0.05) is 51.0 Å². The molecule has 1 aliphatic rings. The maximum Gasteiger partial charge on any atom is 0.317 e. The Labute approximate surface area is 165 Å². The van der Waals surface area contributed by atoms with Crippen molar-refractivity contribution in [3.8, 4) is 5.69 Å². The smallest absolute Gasteiger partial charge is 0.317 e. The molecule has 0 bridgehead atoms. The average Bonchev–Trinajstić information content (AvgIpc) is 3.38. The fraction of sp³-hybridized carbons (Fsp3) is 0.381. The van der Waals surface area contributed by atoms with E-state index in [2.05, 4.69) is 25.9 Å². The Morgan fingerprint density at radius 1 is 1.25 bits per heavy atom. The van der Waals surface area contributed by atoms with Gasteiger partial charge in [0.15, 0.2) is 0 Å². The first kappa shape index (κ1) is 18.3. The molecule has 7 heteroatoms. The summed E-state index contributed by atoms with van der Waals surface area (Å²) in [5.74, 6) is 1.40. The molecular weight excluding hydrogens is 352 g/mol. The second-order valence-corrected chi connectivity index (χ2v) is 7.35. The minimum atomic E-state index is 0.00693. The van der Waals surface area contributed by atoms with Gasteiger partial charge in [-0.2, -0.15) is 0 Å². The number of nitrogens with zero attached hydrogens (tertiary/aromatic N) is 5. The van der Waals surface area contributed by atoms with Crippen molar-refractivity contribution in [2.75, 3.05) is 13.1 Å². The van der Waals surface area contributed by atoms with Crippen LogP contribution in [-0.4, -0.2) is 43.1 Å². The van der Waals surface area contributed by atoms with Crippen LogP contribution in [0, 0.1) is 12.8 Å². The molecule has 0 spiro atoms. The van der Waals surface area contributed by atoms with Crippen molar-refractivity contribution < 1.29 is 4.79 Å². The number of aromatic nitrogens is 4. The SMILES string of the molecule is Cc1nccn1-c1ccccc1CNC(=O)N1CCCC(Cn2ccnc2)C1. The van der Waals surface area contributed by atoms with Crippen molar-refractivity contribution >= 4 is 6.03 Å². The van der Waals surface area contributed by atoms with E-state index in [0.29, 0.717) is 12.5 Å². The fourth-order valence-electron chi connectivity index (χ4n) is 3.90. The number of piperidine rings is 1. The van der Waals surface area contributed by atoms with Crippen molar-refractivity contribution in [2.24, 2.45) is 5.92 Å². The van der Waals surface area contributed by atoms with Crippen molar-refractivity contribution in [3.63, 3.8) is 0 Å².